The van der Waals surface area contributed by atoms with Crippen LogP contribution in [0.3, 0.4) is 0 Å². The summed E-state index contributed by atoms with van der Waals surface area (Å²) in [6.45, 7) is 11.1. The van der Waals surface area contributed by atoms with Crippen LogP contribution in [0.5, 0.6) is 0 Å². The maximum absolute atomic E-state index is 11.9. The number of likely N-dealkylation sites (N-methyl/N-ethyl adjacent to an activating group) is 1. The molecule has 1 unspecified atom stereocenters. The van der Waals surface area contributed by atoms with E-state index in [1.165, 1.54) is 0 Å². The van der Waals surface area contributed by atoms with Gasteiger partial charge in [-0.15, -0.1) is 6.58 Å². The quantitative estimate of drug-likeness (QED) is 0.632. The number of carbonyl (C=O) groups is 2. The van der Waals surface area contributed by atoms with E-state index in [9.17, 15) is 9.59 Å². The molecule has 0 aliphatic heterocycles. The molecule has 5 heteroatoms. The van der Waals surface area contributed by atoms with Crippen LogP contribution in [-0.4, -0.2) is 41.6 Å². The van der Waals surface area contributed by atoms with E-state index in [0.717, 1.165) is 6.42 Å². The highest BCUT2D eigenvalue weighted by Gasteiger charge is 2.17. The standard InChI is InChI=1S/C14H26N2O3/c1-5-7-16(6-2)14(19)15-10-12(8-11(3)4)9-13(17)18/h5,11-12H,1,6-10H2,2-4H3,(H,15,19)(H,17,18). The molecular formula is C14H26N2O3. The largest absolute Gasteiger partial charge is 0.481 e. The minimum Gasteiger partial charge on any atom is -0.481 e. The zero-order valence-corrected chi connectivity index (χ0v) is 12.2. The Morgan fingerprint density at radius 2 is 2.05 bits per heavy atom. The molecule has 0 aliphatic rings. The predicted molar refractivity (Wildman–Crippen MR) is 76.0 cm³/mol. The van der Waals surface area contributed by atoms with Gasteiger partial charge < -0.3 is 15.3 Å². The van der Waals surface area contributed by atoms with Gasteiger partial charge in [0.05, 0.1) is 0 Å². The van der Waals surface area contributed by atoms with Gasteiger partial charge in [-0.2, -0.15) is 0 Å². The van der Waals surface area contributed by atoms with Crippen molar-refractivity contribution in [3.63, 3.8) is 0 Å². The minimum atomic E-state index is -0.821. The van der Waals surface area contributed by atoms with Crippen LogP contribution in [0.15, 0.2) is 12.7 Å². The normalized spacial score (nSPS) is 12.0. The number of amides is 2. The number of carboxylic acids is 1. The molecule has 0 heterocycles. The Hall–Kier alpha value is -1.52. The number of hydrogen-bond acceptors (Lipinski definition) is 2. The Labute approximate surface area is 115 Å². The number of urea groups is 1. The van der Waals surface area contributed by atoms with Crippen LogP contribution in [0.2, 0.25) is 0 Å². The average molecular weight is 270 g/mol. The molecule has 0 saturated heterocycles. The molecule has 0 bridgehead atoms. The van der Waals surface area contributed by atoms with Gasteiger partial charge in [0, 0.05) is 26.1 Å². The van der Waals surface area contributed by atoms with Crippen molar-refractivity contribution < 1.29 is 14.7 Å². The number of hydrogen-bond donors (Lipinski definition) is 2. The van der Waals surface area contributed by atoms with Crippen LogP contribution in [0.1, 0.15) is 33.6 Å². The number of aliphatic carboxylic acids is 1. The van der Waals surface area contributed by atoms with Crippen molar-refractivity contribution in [3.8, 4) is 0 Å². The molecule has 0 spiro atoms. The van der Waals surface area contributed by atoms with Gasteiger partial charge in [-0.05, 0) is 25.2 Å². The molecule has 0 radical (unpaired) electrons. The Balaban J connectivity index is 4.31. The molecule has 0 aromatic heterocycles. The lowest BCUT2D eigenvalue weighted by Gasteiger charge is -2.22. The molecule has 2 N–H and O–H groups in total. The highest BCUT2D eigenvalue weighted by molar-refractivity contribution is 5.74. The average Bonchev–Trinajstić information content (AvgIpc) is 2.31. The Morgan fingerprint density at radius 1 is 1.42 bits per heavy atom. The Bertz CT molecular complexity index is 303. The molecule has 2 amide bonds. The fourth-order valence-electron chi connectivity index (χ4n) is 2.01. The van der Waals surface area contributed by atoms with Crippen molar-refractivity contribution in [2.45, 2.75) is 33.6 Å². The Kier molecular flexibility index (Phi) is 8.66. The molecule has 0 fully saturated rings. The molecule has 5 nitrogen and oxygen atoms in total. The molecule has 110 valence electrons. The molecule has 0 rings (SSSR count). The van der Waals surface area contributed by atoms with E-state index in [1.807, 2.05) is 20.8 Å². The molecule has 19 heavy (non-hydrogen) atoms. The van der Waals surface area contributed by atoms with E-state index >= 15 is 0 Å². The summed E-state index contributed by atoms with van der Waals surface area (Å²) in [7, 11) is 0. The fraction of sp³-hybridized carbons (Fsp3) is 0.714. The third-order valence-electron chi connectivity index (χ3n) is 2.83. The topological polar surface area (TPSA) is 69.6 Å². The van der Waals surface area contributed by atoms with Gasteiger partial charge in [-0.3, -0.25) is 4.79 Å². The van der Waals surface area contributed by atoms with Crippen molar-refractivity contribution in [2.24, 2.45) is 11.8 Å². The summed E-state index contributed by atoms with van der Waals surface area (Å²) < 4.78 is 0. The summed E-state index contributed by atoms with van der Waals surface area (Å²) >= 11 is 0. The molecule has 0 aromatic rings. The van der Waals surface area contributed by atoms with E-state index < -0.39 is 5.97 Å². The van der Waals surface area contributed by atoms with Gasteiger partial charge in [0.2, 0.25) is 0 Å². The number of nitrogens with one attached hydrogen (secondary N) is 1. The third kappa shape index (κ3) is 8.24. The van der Waals surface area contributed by atoms with E-state index in [4.69, 9.17) is 5.11 Å². The van der Waals surface area contributed by atoms with Crippen molar-refractivity contribution in [3.05, 3.63) is 12.7 Å². The van der Waals surface area contributed by atoms with Gasteiger partial charge in [-0.1, -0.05) is 19.9 Å². The summed E-state index contributed by atoms with van der Waals surface area (Å²) in [6, 6.07) is -0.165. The van der Waals surface area contributed by atoms with Crippen molar-refractivity contribution in [1.29, 1.82) is 0 Å². The second-order valence-corrected chi connectivity index (χ2v) is 5.11. The monoisotopic (exact) mass is 270 g/mol. The summed E-state index contributed by atoms with van der Waals surface area (Å²) in [5, 5.41) is 11.7. The second kappa shape index (κ2) is 9.42. The van der Waals surface area contributed by atoms with E-state index in [-0.39, 0.29) is 18.4 Å². The summed E-state index contributed by atoms with van der Waals surface area (Å²) in [6.07, 6.45) is 2.55. The SMILES string of the molecule is C=CCN(CC)C(=O)NCC(CC(=O)O)CC(C)C. The van der Waals surface area contributed by atoms with Crippen LogP contribution >= 0.6 is 0 Å². The molecular weight excluding hydrogens is 244 g/mol. The van der Waals surface area contributed by atoms with Crippen molar-refractivity contribution >= 4 is 12.0 Å². The summed E-state index contributed by atoms with van der Waals surface area (Å²) in [5.74, 6) is -0.432. The summed E-state index contributed by atoms with van der Waals surface area (Å²) in [4.78, 5) is 24.3. The van der Waals surface area contributed by atoms with E-state index in [1.54, 1.807) is 11.0 Å². The first-order valence-electron chi connectivity index (χ1n) is 6.76. The first-order valence-corrected chi connectivity index (χ1v) is 6.76. The van der Waals surface area contributed by atoms with E-state index in [0.29, 0.717) is 25.6 Å². The number of nitrogens with zero attached hydrogens (tertiary/aromatic N) is 1. The molecule has 0 saturated carbocycles. The van der Waals surface area contributed by atoms with Crippen LogP contribution in [0, 0.1) is 11.8 Å². The lowest BCUT2D eigenvalue weighted by atomic mass is 9.94. The maximum Gasteiger partial charge on any atom is 0.317 e. The zero-order valence-electron chi connectivity index (χ0n) is 12.2. The third-order valence-corrected chi connectivity index (χ3v) is 2.83. The first-order chi connectivity index (χ1) is 8.90. The van der Waals surface area contributed by atoms with Gasteiger partial charge in [0.15, 0.2) is 0 Å². The second-order valence-electron chi connectivity index (χ2n) is 5.11. The van der Waals surface area contributed by atoms with Gasteiger partial charge in [0.1, 0.15) is 0 Å². The van der Waals surface area contributed by atoms with Crippen LogP contribution in [-0.2, 0) is 4.79 Å². The number of carboxylic acid groups (broad SMARTS) is 1. The summed E-state index contributed by atoms with van der Waals surface area (Å²) in [5.41, 5.74) is 0. The number of rotatable bonds is 9. The van der Waals surface area contributed by atoms with Crippen LogP contribution < -0.4 is 5.32 Å². The van der Waals surface area contributed by atoms with Crippen molar-refractivity contribution in [2.75, 3.05) is 19.6 Å². The molecule has 0 aliphatic carbocycles. The van der Waals surface area contributed by atoms with Crippen LogP contribution in [0.25, 0.3) is 0 Å². The highest BCUT2D eigenvalue weighted by Crippen LogP contribution is 2.14. The van der Waals surface area contributed by atoms with Crippen molar-refractivity contribution in [1.82, 2.24) is 10.2 Å². The van der Waals surface area contributed by atoms with Gasteiger partial charge >= 0.3 is 12.0 Å². The van der Waals surface area contributed by atoms with E-state index in [2.05, 4.69) is 11.9 Å². The highest BCUT2D eigenvalue weighted by atomic mass is 16.4. The maximum atomic E-state index is 11.9. The lowest BCUT2D eigenvalue weighted by Crippen LogP contribution is -2.42. The van der Waals surface area contributed by atoms with Gasteiger partial charge in [0.25, 0.3) is 0 Å². The first kappa shape index (κ1) is 17.5. The Morgan fingerprint density at radius 3 is 2.47 bits per heavy atom. The predicted octanol–water partition coefficient (Wildman–Crippen LogP) is 2.34. The number of carbonyl (C=O) groups excluding carboxylic acids is 1. The molecule has 0 aromatic carbocycles. The lowest BCUT2D eigenvalue weighted by molar-refractivity contribution is -0.138. The zero-order chi connectivity index (χ0) is 14.8. The fourth-order valence-corrected chi connectivity index (χ4v) is 2.01. The smallest absolute Gasteiger partial charge is 0.317 e. The van der Waals surface area contributed by atoms with Gasteiger partial charge in [-0.25, -0.2) is 4.79 Å². The minimum absolute atomic E-state index is 0.0242. The van der Waals surface area contributed by atoms with Crippen LogP contribution in [0.4, 0.5) is 4.79 Å². The molecule has 1 atom stereocenters.